The standard InChI is InChI=1S/C17H23NO3/c1-3-13-8-10-14(11-9-13)17(20)21-12(2)16(19)18-15-6-4-5-7-15/h8-12,15H,3-7H2,1-2H3,(H,18,19)/t12-/m1/s1. The third-order valence-corrected chi connectivity index (χ3v) is 3.95. The first kappa shape index (κ1) is 15.5. The summed E-state index contributed by atoms with van der Waals surface area (Å²) in [6.07, 6.45) is 4.51. The predicted molar refractivity (Wildman–Crippen MR) is 81.1 cm³/mol. The lowest BCUT2D eigenvalue weighted by Gasteiger charge is -2.17. The zero-order valence-electron chi connectivity index (χ0n) is 12.7. The van der Waals surface area contributed by atoms with Gasteiger partial charge in [-0.1, -0.05) is 31.9 Å². The van der Waals surface area contributed by atoms with Crippen LogP contribution >= 0.6 is 0 Å². The van der Waals surface area contributed by atoms with E-state index in [1.54, 1.807) is 19.1 Å². The van der Waals surface area contributed by atoms with E-state index in [9.17, 15) is 9.59 Å². The molecule has 1 aliphatic rings. The average Bonchev–Trinajstić information content (AvgIpc) is 3.00. The fraction of sp³-hybridized carbons (Fsp3) is 0.529. The number of aryl methyl sites for hydroxylation is 1. The minimum absolute atomic E-state index is 0.208. The van der Waals surface area contributed by atoms with E-state index in [1.807, 2.05) is 12.1 Å². The summed E-state index contributed by atoms with van der Waals surface area (Å²) in [4.78, 5) is 24.0. The van der Waals surface area contributed by atoms with Gasteiger partial charge in [0.05, 0.1) is 5.56 Å². The SMILES string of the molecule is CCc1ccc(C(=O)O[C@H](C)C(=O)NC2CCCC2)cc1. The first-order valence-electron chi connectivity index (χ1n) is 7.70. The molecule has 1 N–H and O–H groups in total. The molecule has 21 heavy (non-hydrogen) atoms. The molecule has 0 aliphatic heterocycles. The summed E-state index contributed by atoms with van der Waals surface area (Å²) in [5, 5.41) is 2.94. The van der Waals surface area contributed by atoms with Gasteiger partial charge in [0.1, 0.15) is 0 Å². The average molecular weight is 289 g/mol. The topological polar surface area (TPSA) is 55.4 Å². The highest BCUT2D eigenvalue weighted by Gasteiger charge is 2.23. The van der Waals surface area contributed by atoms with Crippen LogP contribution in [-0.4, -0.2) is 24.0 Å². The molecule has 1 atom stereocenters. The van der Waals surface area contributed by atoms with Gasteiger partial charge in [-0.15, -0.1) is 0 Å². The van der Waals surface area contributed by atoms with E-state index in [-0.39, 0.29) is 11.9 Å². The van der Waals surface area contributed by atoms with Crippen molar-refractivity contribution in [3.8, 4) is 0 Å². The van der Waals surface area contributed by atoms with E-state index in [0.717, 1.165) is 32.1 Å². The van der Waals surface area contributed by atoms with Crippen molar-refractivity contribution in [2.45, 2.75) is 58.1 Å². The molecule has 2 rings (SSSR count). The number of carbonyl (C=O) groups excluding carboxylic acids is 2. The molecule has 0 bridgehead atoms. The fourth-order valence-electron chi connectivity index (χ4n) is 2.55. The van der Waals surface area contributed by atoms with Crippen LogP contribution < -0.4 is 5.32 Å². The van der Waals surface area contributed by atoms with Crippen LogP contribution in [0.15, 0.2) is 24.3 Å². The molecule has 0 aromatic heterocycles. The summed E-state index contributed by atoms with van der Waals surface area (Å²) in [6.45, 7) is 3.67. The first-order chi connectivity index (χ1) is 10.1. The van der Waals surface area contributed by atoms with Crippen molar-refractivity contribution in [1.29, 1.82) is 0 Å². The number of nitrogens with one attached hydrogen (secondary N) is 1. The van der Waals surface area contributed by atoms with E-state index in [0.29, 0.717) is 5.56 Å². The van der Waals surface area contributed by atoms with Crippen LogP contribution in [0.4, 0.5) is 0 Å². The molecule has 4 heteroatoms. The van der Waals surface area contributed by atoms with Crippen molar-refractivity contribution in [2.24, 2.45) is 0 Å². The van der Waals surface area contributed by atoms with Crippen molar-refractivity contribution >= 4 is 11.9 Å². The molecule has 0 radical (unpaired) electrons. The van der Waals surface area contributed by atoms with Crippen molar-refractivity contribution in [2.75, 3.05) is 0 Å². The summed E-state index contributed by atoms with van der Waals surface area (Å²) < 4.78 is 5.23. The molecule has 0 spiro atoms. The fourth-order valence-corrected chi connectivity index (χ4v) is 2.55. The van der Waals surface area contributed by atoms with Gasteiger partial charge in [0, 0.05) is 6.04 Å². The number of rotatable bonds is 5. The van der Waals surface area contributed by atoms with Gasteiger partial charge in [-0.05, 0) is 43.9 Å². The molecule has 0 unspecified atom stereocenters. The first-order valence-corrected chi connectivity index (χ1v) is 7.70. The minimum Gasteiger partial charge on any atom is -0.449 e. The second kappa shape index (κ2) is 7.25. The quantitative estimate of drug-likeness (QED) is 0.848. The Hall–Kier alpha value is -1.84. The number of ether oxygens (including phenoxy) is 1. The summed E-state index contributed by atoms with van der Waals surface area (Å²) >= 11 is 0. The highest BCUT2D eigenvalue weighted by molar-refractivity contribution is 5.92. The molecule has 1 aliphatic carbocycles. The molecule has 4 nitrogen and oxygen atoms in total. The molecule has 114 valence electrons. The Morgan fingerprint density at radius 1 is 1.24 bits per heavy atom. The maximum absolute atomic E-state index is 12.0. The van der Waals surface area contributed by atoms with Gasteiger partial charge in [0.2, 0.25) is 0 Å². The molecule has 1 aromatic rings. The third kappa shape index (κ3) is 4.31. The van der Waals surface area contributed by atoms with Gasteiger partial charge >= 0.3 is 5.97 Å². The summed E-state index contributed by atoms with van der Waals surface area (Å²) in [5.74, 6) is -0.660. The van der Waals surface area contributed by atoms with Crippen LogP contribution in [0.1, 0.15) is 55.5 Å². The Balaban J connectivity index is 1.86. The third-order valence-electron chi connectivity index (χ3n) is 3.95. The lowest BCUT2D eigenvalue weighted by Crippen LogP contribution is -2.40. The summed E-state index contributed by atoms with van der Waals surface area (Å²) in [5.41, 5.74) is 1.64. The second-order valence-electron chi connectivity index (χ2n) is 5.59. The number of hydrogen-bond donors (Lipinski definition) is 1. The monoisotopic (exact) mass is 289 g/mol. The van der Waals surface area contributed by atoms with Crippen LogP contribution in [0.5, 0.6) is 0 Å². The molecule has 1 aromatic carbocycles. The summed E-state index contributed by atoms with van der Waals surface area (Å²) in [6, 6.07) is 7.52. The minimum atomic E-state index is -0.760. The number of carbonyl (C=O) groups is 2. The molecule has 0 saturated heterocycles. The normalized spacial score (nSPS) is 16.5. The maximum Gasteiger partial charge on any atom is 0.338 e. The Kier molecular flexibility index (Phi) is 5.37. The molecule has 0 heterocycles. The van der Waals surface area contributed by atoms with Crippen molar-refractivity contribution in [1.82, 2.24) is 5.32 Å². The van der Waals surface area contributed by atoms with Crippen LogP contribution in [0.25, 0.3) is 0 Å². The smallest absolute Gasteiger partial charge is 0.338 e. The Morgan fingerprint density at radius 3 is 2.43 bits per heavy atom. The Bertz CT molecular complexity index is 489. The largest absolute Gasteiger partial charge is 0.449 e. The number of amides is 1. The summed E-state index contributed by atoms with van der Waals surface area (Å²) in [7, 11) is 0. The van der Waals surface area contributed by atoms with E-state index >= 15 is 0 Å². The Morgan fingerprint density at radius 2 is 1.86 bits per heavy atom. The van der Waals surface area contributed by atoms with E-state index in [1.165, 1.54) is 5.56 Å². The predicted octanol–water partition coefficient (Wildman–Crippen LogP) is 2.85. The number of esters is 1. The van der Waals surface area contributed by atoms with Gasteiger partial charge in [0.25, 0.3) is 5.91 Å². The van der Waals surface area contributed by atoms with Gasteiger partial charge in [0.15, 0.2) is 6.10 Å². The maximum atomic E-state index is 12.0. The number of benzene rings is 1. The number of hydrogen-bond acceptors (Lipinski definition) is 3. The molecular weight excluding hydrogens is 266 g/mol. The van der Waals surface area contributed by atoms with Gasteiger partial charge in [-0.3, -0.25) is 4.79 Å². The van der Waals surface area contributed by atoms with E-state index in [2.05, 4.69) is 12.2 Å². The molecule has 1 amide bonds. The lowest BCUT2D eigenvalue weighted by atomic mass is 10.1. The van der Waals surface area contributed by atoms with Crippen molar-refractivity contribution in [3.63, 3.8) is 0 Å². The molecule has 1 fully saturated rings. The van der Waals surface area contributed by atoms with Gasteiger partial charge in [-0.25, -0.2) is 4.79 Å². The van der Waals surface area contributed by atoms with Crippen LogP contribution in [-0.2, 0) is 16.0 Å². The highest BCUT2D eigenvalue weighted by Crippen LogP contribution is 2.18. The highest BCUT2D eigenvalue weighted by atomic mass is 16.5. The van der Waals surface area contributed by atoms with Gasteiger partial charge < -0.3 is 10.1 Å². The van der Waals surface area contributed by atoms with Crippen LogP contribution in [0.3, 0.4) is 0 Å². The van der Waals surface area contributed by atoms with Crippen LogP contribution in [0.2, 0.25) is 0 Å². The van der Waals surface area contributed by atoms with Gasteiger partial charge in [-0.2, -0.15) is 0 Å². The van der Waals surface area contributed by atoms with Crippen LogP contribution in [0, 0.1) is 0 Å². The van der Waals surface area contributed by atoms with Crippen molar-refractivity contribution < 1.29 is 14.3 Å². The zero-order valence-corrected chi connectivity index (χ0v) is 12.7. The molecular formula is C17H23NO3. The lowest BCUT2D eigenvalue weighted by molar-refractivity contribution is -0.129. The van der Waals surface area contributed by atoms with E-state index < -0.39 is 12.1 Å². The second-order valence-corrected chi connectivity index (χ2v) is 5.59. The zero-order chi connectivity index (χ0) is 15.2. The van der Waals surface area contributed by atoms with Crippen molar-refractivity contribution in [3.05, 3.63) is 35.4 Å². The Labute approximate surface area is 125 Å². The van der Waals surface area contributed by atoms with E-state index in [4.69, 9.17) is 4.74 Å². The molecule has 1 saturated carbocycles.